The maximum atomic E-state index is 12.5. The van der Waals surface area contributed by atoms with Crippen molar-refractivity contribution >= 4 is 18.3 Å². The molecule has 0 bridgehead atoms. The van der Waals surface area contributed by atoms with E-state index in [2.05, 4.69) is 15.6 Å². The summed E-state index contributed by atoms with van der Waals surface area (Å²) in [5.41, 5.74) is -0.983. The molecule has 0 spiro atoms. The van der Waals surface area contributed by atoms with Crippen molar-refractivity contribution in [1.29, 1.82) is 0 Å². The first-order valence-electron chi connectivity index (χ1n) is 7.57. The molecule has 1 aliphatic heterocycles. The monoisotopic (exact) mass is 365 g/mol. The number of alkyl halides is 3. The Labute approximate surface area is 143 Å². The van der Waals surface area contributed by atoms with Gasteiger partial charge in [-0.1, -0.05) is 0 Å². The van der Waals surface area contributed by atoms with E-state index in [4.69, 9.17) is 0 Å². The number of rotatable bonds is 2. The minimum atomic E-state index is -4.53. The summed E-state index contributed by atoms with van der Waals surface area (Å²) in [6.07, 6.45) is -2.97. The lowest BCUT2D eigenvalue weighted by Gasteiger charge is -2.35. The SMILES string of the molecule is Cl.O=C(N[C@H]1C[C@H]2CNC[C@H]2C[C@@H]1O)c1ccc(C(F)(F)F)nc1. The quantitative estimate of drug-likeness (QED) is 0.744. The van der Waals surface area contributed by atoms with Crippen LogP contribution in [0.15, 0.2) is 18.3 Å². The van der Waals surface area contributed by atoms with Gasteiger partial charge in [-0.15, -0.1) is 12.4 Å². The number of nitrogens with one attached hydrogen (secondary N) is 2. The number of carbonyl (C=O) groups is 1. The normalized spacial score (nSPS) is 29.5. The molecule has 1 aromatic heterocycles. The maximum Gasteiger partial charge on any atom is 0.433 e. The molecule has 1 saturated heterocycles. The van der Waals surface area contributed by atoms with Crippen LogP contribution in [0, 0.1) is 11.8 Å². The fourth-order valence-corrected chi connectivity index (χ4v) is 3.40. The zero-order valence-electron chi connectivity index (χ0n) is 12.7. The van der Waals surface area contributed by atoms with Crippen LogP contribution in [0.3, 0.4) is 0 Å². The van der Waals surface area contributed by atoms with Gasteiger partial charge in [-0.25, -0.2) is 0 Å². The van der Waals surface area contributed by atoms with Gasteiger partial charge in [0.1, 0.15) is 5.69 Å². The Bertz CT molecular complexity index is 582. The topological polar surface area (TPSA) is 74.2 Å². The van der Waals surface area contributed by atoms with E-state index in [-0.39, 0.29) is 24.0 Å². The average Bonchev–Trinajstić information content (AvgIpc) is 2.94. The highest BCUT2D eigenvalue weighted by Gasteiger charge is 2.39. The number of fused-ring (bicyclic) bond motifs is 1. The number of aromatic nitrogens is 1. The number of hydrogen-bond acceptors (Lipinski definition) is 4. The Morgan fingerprint density at radius 1 is 1.25 bits per heavy atom. The first-order chi connectivity index (χ1) is 10.8. The summed E-state index contributed by atoms with van der Waals surface area (Å²) in [5.74, 6) is 0.319. The number of halogens is 4. The molecule has 2 fully saturated rings. The summed E-state index contributed by atoms with van der Waals surface area (Å²) in [6.45, 7) is 1.75. The van der Waals surface area contributed by atoms with Crippen molar-refractivity contribution in [2.24, 2.45) is 11.8 Å². The van der Waals surface area contributed by atoms with Crippen molar-refractivity contribution in [3.05, 3.63) is 29.6 Å². The largest absolute Gasteiger partial charge is 0.433 e. The summed E-state index contributed by atoms with van der Waals surface area (Å²) in [6, 6.07) is 1.50. The molecule has 134 valence electrons. The van der Waals surface area contributed by atoms with Crippen LogP contribution in [0.4, 0.5) is 13.2 Å². The van der Waals surface area contributed by atoms with Crippen molar-refractivity contribution < 1.29 is 23.1 Å². The van der Waals surface area contributed by atoms with Crippen molar-refractivity contribution in [2.45, 2.75) is 31.2 Å². The number of pyridine rings is 1. The molecule has 5 nitrogen and oxygen atoms in total. The van der Waals surface area contributed by atoms with E-state index in [0.29, 0.717) is 24.7 Å². The lowest BCUT2D eigenvalue weighted by Crippen LogP contribution is -2.49. The predicted octanol–water partition coefficient (Wildman–Crippen LogP) is 1.61. The lowest BCUT2D eigenvalue weighted by molar-refractivity contribution is -0.141. The zero-order chi connectivity index (χ0) is 16.6. The minimum Gasteiger partial charge on any atom is -0.391 e. The first-order valence-corrected chi connectivity index (χ1v) is 7.57. The Morgan fingerprint density at radius 3 is 2.50 bits per heavy atom. The van der Waals surface area contributed by atoms with Gasteiger partial charge in [0.05, 0.1) is 17.7 Å². The molecule has 1 aromatic rings. The molecule has 3 rings (SSSR count). The van der Waals surface area contributed by atoms with Crippen LogP contribution >= 0.6 is 12.4 Å². The van der Waals surface area contributed by atoms with Gasteiger partial charge in [0, 0.05) is 6.20 Å². The van der Waals surface area contributed by atoms with Gasteiger partial charge in [0.25, 0.3) is 5.91 Å². The summed E-state index contributed by atoms with van der Waals surface area (Å²) in [4.78, 5) is 15.4. The summed E-state index contributed by atoms with van der Waals surface area (Å²) < 4.78 is 37.4. The highest BCUT2D eigenvalue weighted by Crippen LogP contribution is 2.33. The van der Waals surface area contributed by atoms with Crippen LogP contribution in [0.5, 0.6) is 0 Å². The standard InChI is InChI=1S/C15H18F3N3O2.ClH/c16-15(17,18)13-2-1-8(7-20-13)14(23)21-11-3-9-5-19-6-10(9)4-12(11)22;/h1-2,7,9-12,19,22H,3-6H2,(H,21,23);1H/t9-,10+,11-,12-;/m0./s1. The Balaban J connectivity index is 0.00000208. The number of nitrogens with zero attached hydrogens (tertiary/aromatic N) is 1. The van der Waals surface area contributed by atoms with Crippen molar-refractivity contribution in [3.63, 3.8) is 0 Å². The maximum absolute atomic E-state index is 12.5. The number of aliphatic hydroxyl groups excluding tert-OH is 1. The average molecular weight is 366 g/mol. The molecule has 0 aromatic carbocycles. The molecule has 24 heavy (non-hydrogen) atoms. The lowest BCUT2D eigenvalue weighted by atomic mass is 9.77. The first kappa shape index (κ1) is 19.0. The Morgan fingerprint density at radius 2 is 1.92 bits per heavy atom. The predicted molar refractivity (Wildman–Crippen MR) is 82.8 cm³/mol. The molecule has 4 atom stereocenters. The van der Waals surface area contributed by atoms with Crippen LogP contribution in [0.25, 0.3) is 0 Å². The highest BCUT2D eigenvalue weighted by molar-refractivity contribution is 5.94. The van der Waals surface area contributed by atoms with E-state index in [1.807, 2.05) is 0 Å². The molecule has 0 unspecified atom stereocenters. The number of aliphatic hydroxyl groups is 1. The van der Waals surface area contributed by atoms with Crippen LogP contribution < -0.4 is 10.6 Å². The van der Waals surface area contributed by atoms with E-state index in [0.717, 1.165) is 31.4 Å². The molecular weight excluding hydrogens is 347 g/mol. The van der Waals surface area contributed by atoms with E-state index in [9.17, 15) is 23.1 Å². The van der Waals surface area contributed by atoms with Gasteiger partial charge in [-0.3, -0.25) is 9.78 Å². The second-order valence-corrected chi connectivity index (χ2v) is 6.23. The van der Waals surface area contributed by atoms with Gasteiger partial charge in [-0.05, 0) is 49.9 Å². The Kier molecular flexibility index (Phi) is 5.72. The van der Waals surface area contributed by atoms with E-state index in [1.165, 1.54) is 0 Å². The third-order valence-electron chi connectivity index (χ3n) is 4.68. The van der Waals surface area contributed by atoms with Gasteiger partial charge in [0.2, 0.25) is 0 Å². The van der Waals surface area contributed by atoms with Crippen LogP contribution in [-0.2, 0) is 6.18 Å². The molecule has 2 heterocycles. The van der Waals surface area contributed by atoms with Gasteiger partial charge in [0.15, 0.2) is 0 Å². The van der Waals surface area contributed by atoms with E-state index < -0.39 is 23.9 Å². The minimum absolute atomic E-state index is 0. The smallest absolute Gasteiger partial charge is 0.391 e. The fraction of sp³-hybridized carbons (Fsp3) is 0.600. The number of carbonyl (C=O) groups excluding carboxylic acids is 1. The molecule has 1 aliphatic carbocycles. The van der Waals surface area contributed by atoms with Crippen molar-refractivity contribution in [3.8, 4) is 0 Å². The number of amides is 1. The van der Waals surface area contributed by atoms with Crippen LogP contribution in [-0.4, -0.2) is 41.2 Å². The molecule has 3 N–H and O–H groups in total. The van der Waals surface area contributed by atoms with Gasteiger partial charge in [-0.2, -0.15) is 13.2 Å². The second kappa shape index (κ2) is 7.25. The molecular formula is C15H19ClF3N3O2. The summed E-state index contributed by atoms with van der Waals surface area (Å²) in [5, 5.41) is 16.1. The highest BCUT2D eigenvalue weighted by atomic mass is 35.5. The second-order valence-electron chi connectivity index (χ2n) is 6.23. The Hall–Kier alpha value is -1.38. The van der Waals surface area contributed by atoms with Crippen molar-refractivity contribution in [1.82, 2.24) is 15.6 Å². The van der Waals surface area contributed by atoms with Crippen LogP contribution in [0.2, 0.25) is 0 Å². The zero-order valence-corrected chi connectivity index (χ0v) is 13.5. The molecule has 2 aliphatic rings. The molecule has 1 saturated carbocycles. The third-order valence-corrected chi connectivity index (χ3v) is 4.68. The molecule has 9 heteroatoms. The molecule has 0 radical (unpaired) electrons. The summed E-state index contributed by atoms with van der Waals surface area (Å²) >= 11 is 0. The van der Waals surface area contributed by atoms with Gasteiger partial charge < -0.3 is 15.7 Å². The summed E-state index contributed by atoms with van der Waals surface area (Å²) in [7, 11) is 0. The molecule has 1 amide bonds. The fourth-order valence-electron chi connectivity index (χ4n) is 3.40. The number of hydrogen-bond donors (Lipinski definition) is 3. The van der Waals surface area contributed by atoms with Crippen LogP contribution in [0.1, 0.15) is 28.9 Å². The van der Waals surface area contributed by atoms with Crippen molar-refractivity contribution in [2.75, 3.05) is 13.1 Å². The van der Waals surface area contributed by atoms with E-state index in [1.54, 1.807) is 0 Å². The van der Waals surface area contributed by atoms with Gasteiger partial charge >= 0.3 is 6.18 Å². The van der Waals surface area contributed by atoms with E-state index >= 15 is 0 Å². The third kappa shape index (κ3) is 3.99.